The van der Waals surface area contributed by atoms with E-state index in [0.29, 0.717) is 48.6 Å². The van der Waals surface area contributed by atoms with Gasteiger partial charge < -0.3 is 39.7 Å². The number of carbonyl (C=O) groups is 2. The van der Waals surface area contributed by atoms with Crippen molar-refractivity contribution in [3.8, 4) is 0 Å². The second kappa shape index (κ2) is 25.2. The molecular weight excluding hydrogens is 765 g/mol. The van der Waals surface area contributed by atoms with Gasteiger partial charge in [0.15, 0.2) is 11.6 Å². The van der Waals surface area contributed by atoms with Crippen molar-refractivity contribution in [3.05, 3.63) is 23.4 Å². The second-order valence-electron chi connectivity index (χ2n) is 19.5. The van der Waals surface area contributed by atoms with Gasteiger partial charge in [-0.25, -0.2) is 0 Å². The highest BCUT2D eigenvalue weighted by molar-refractivity contribution is 5.70. The third-order valence-corrected chi connectivity index (χ3v) is 13.2. The van der Waals surface area contributed by atoms with E-state index in [0.717, 1.165) is 88.9 Å². The fourth-order valence-electron chi connectivity index (χ4n) is 9.72. The smallest absolute Gasteiger partial charge is 0.307 e. The van der Waals surface area contributed by atoms with Crippen molar-refractivity contribution in [3.63, 3.8) is 0 Å². The number of aliphatic hydroxyl groups excluding tert-OH is 2. The summed E-state index contributed by atoms with van der Waals surface area (Å²) in [5.74, 6) is 2.53. The van der Waals surface area contributed by atoms with Gasteiger partial charge in [0.25, 0.3) is 0 Å². The molecule has 0 amide bonds. The summed E-state index contributed by atoms with van der Waals surface area (Å²) in [6.07, 6.45) is 26.7. The molecule has 2 atom stereocenters. The van der Waals surface area contributed by atoms with Crippen LogP contribution in [0, 0.1) is 11.8 Å². The number of carbonyl (C=O) groups excluding carboxylic acids is 1. The Morgan fingerprint density at radius 2 is 1.07 bits per heavy atom. The SMILES string of the molecule is CC(C)(C)OC(=O)C[C@@H](CCCC1CCCCC1)c1nc(CNC2CCC(O)CC2)no1.O=C(O)C[C@@H](CCCC1CCCCC1)c1nc(CNC2CCC(O)CC2)no1. The molecule has 4 fully saturated rings. The Morgan fingerprint density at radius 3 is 1.47 bits per heavy atom. The van der Waals surface area contributed by atoms with E-state index < -0.39 is 11.6 Å². The zero-order chi connectivity index (χ0) is 42.7. The molecule has 4 aliphatic rings. The first-order valence-corrected chi connectivity index (χ1v) is 23.8. The van der Waals surface area contributed by atoms with Crippen LogP contribution < -0.4 is 10.6 Å². The molecule has 14 nitrogen and oxygen atoms in total. The molecule has 0 spiro atoms. The van der Waals surface area contributed by atoms with E-state index in [2.05, 4.69) is 30.9 Å². The van der Waals surface area contributed by atoms with E-state index >= 15 is 0 Å². The van der Waals surface area contributed by atoms with Crippen molar-refractivity contribution in [2.45, 2.75) is 243 Å². The maximum Gasteiger partial charge on any atom is 0.307 e. The van der Waals surface area contributed by atoms with Gasteiger partial charge in [0.05, 0.1) is 38.1 Å². The van der Waals surface area contributed by atoms with Crippen molar-refractivity contribution < 1.29 is 38.7 Å². The van der Waals surface area contributed by atoms with Gasteiger partial charge in [0, 0.05) is 23.9 Å². The van der Waals surface area contributed by atoms with Crippen molar-refractivity contribution in [2.24, 2.45) is 11.8 Å². The van der Waals surface area contributed by atoms with Gasteiger partial charge in [-0.1, -0.05) is 100 Å². The Labute approximate surface area is 358 Å². The Balaban J connectivity index is 0.000000230. The number of nitrogens with one attached hydrogen (secondary N) is 2. The van der Waals surface area contributed by atoms with Gasteiger partial charge in [-0.15, -0.1) is 0 Å². The summed E-state index contributed by atoms with van der Waals surface area (Å²) in [4.78, 5) is 32.9. The van der Waals surface area contributed by atoms with Gasteiger partial charge in [0.1, 0.15) is 5.60 Å². The molecule has 0 radical (unpaired) electrons. The average molecular weight is 843 g/mol. The highest BCUT2D eigenvalue weighted by Crippen LogP contribution is 2.33. The zero-order valence-corrected chi connectivity index (χ0v) is 37.1. The topological polar surface area (TPSA) is 206 Å². The van der Waals surface area contributed by atoms with Crippen molar-refractivity contribution >= 4 is 11.9 Å². The lowest BCUT2D eigenvalue weighted by molar-refractivity contribution is -0.155. The van der Waals surface area contributed by atoms with Crippen LogP contribution in [-0.2, 0) is 27.4 Å². The normalized spacial score (nSPS) is 24.3. The summed E-state index contributed by atoms with van der Waals surface area (Å²) < 4.78 is 16.6. The molecule has 0 aliphatic heterocycles. The quantitative estimate of drug-likeness (QED) is 0.0791. The fraction of sp³-hybridized carbons (Fsp3) is 0.870. The average Bonchev–Trinajstić information content (AvgIpc) is 3.91. The summed E-state index contributed by atoms with van der Waals surface area (Å²) >= 11 is 0. The molecule has 14 heteroatoms. The van der Waals surface area contributed by atoms with Gasteiger partial charge in [-0.2, -0.15) is 9.97 Å². The Hall–Kier alpha value is -2.94. The maximum absolute atomic E-state index is 12.5. The predicted molar refractivity (Wildman–Crippen MR) is 228 cm³/mol. The molecule has 2 aromatic rings. The first kappa shape index (κ1) is 48.1. The number of aliphatic carboxylic acids is 1. The molecule has 60 heavy (non-hydrogen) atoms. The number of esters is 1. The third-order valence-electron chi connectivity index (χ3n) is 13.2. The van der Waals surface area contributed by atoms with Gasteiger partial charge in [0.2, 0.25) is 11.8 Å². The molecule has 340 valence electrons. The molecule has 0 saturated heterocycles. The molecule has 4 saturated carbocycles. The zero-order valence-electron chi connectivity index (χ0n) is 37.1. The number of hydrogen-bond acceptors (Lipinski definition) is 13. The van der Waals surface area contributed by atoms with E-state index in [-0.39, 0.29) is 42.9 Å². The number of rotatable bonds is 20. The van der Waals surface area contributed by atoms with Crippen molar-refractivity contribution in [1.82, 2.24) is 30.9 Å². The first-order valence-electron chi connectivity index (χ1n) is 23.8. The predicted octanol–water partition coefficient (Wildman–Crippen LogP) is 8.80. The Kier molecular flexibility index (Phi) is 20.2. The Bertz CT molecular complexity index is 1500. The van der Waals surface area contributed by atoms with Crippen LogP contribution in [0.4, 0.5) is 0 Å². The number of carboxylic acids is 1. The monoisotopic (exact) mass is 843 g/mol. The number of aliphatic hydroxyl groups is 2. The van der Waals surface area contributed by atoms with E-state index in [9.17, 15) is 24.9 Å². The fourth-order valence-corrected chi connectivity index (χ4v) is 9.72. The van der Waals surface area contributed by atoms with E-state index in [1.165, 1.54) is 77.0 Å². The number of nitrogens with zero attached hydrogens (tertiary/aromatic N) is 4. The molecule has 0 bridgehead atoms. The number of ether oxygens (including phenoxy) is 1. The van der Waals surface area contributed by atoms with Crippen LogP contribution in [0.1, 0.15) is 223 Å². The van der Waals surface area contributed by atoms with Crippen molar-refractivity contribution in [1.29, 1.82) is 0 Å². The standard InChI is InChI=1S/C25H43N3O4.C21H35N3O4/c1-25(2,3)31-23(30)16-19(11-7-10-18-8-5-4-6-9-18)24-27-22(28-32-24)17-26-20-12-14-21(29)15-13-20;25-18-11-9-17(10-12-18)22-14-19-23-21(28-24-19)16(13-20(26)27)8-4-7-15-5-2-1-3-6-15/h18-21,26,29H,4-17H2,1-3H3;15-18,22,25H,1-14H2,(H,26,27)/t19-,20?,21?;16-,17?,18?/m11/s1. The van der Waals surface area contributed by atoms with Crippen LogP contribution in [-0.4, -0.2) is 77.4 Å². The third kappa shape index (κ3) is 18.2. The number of carboxylic acid groups (broad SMARTS) is 1. The van der Waals surface area contributed by atoms with E-state index in [4.69, 9.17) is 13.8 Å². The molecule has 4 aliphatic carbocycles. The van der Waals surface area contributed by atoms with Gasteiger partial charge >= 0.3 is 11.9 Å². The molecule has 5 N–H and O–H groups in total. The minimum Gasteiger partial charge on any atom is -0.481 e. The van der Waals surface area contributed by atoms with Crippen LogP contribution >= 0.6 is 0 Å². The highest BCUT2D eigenvalue weighted by Gasteiger charge is 2.28. The van der Waals surface area contributed by atoms with Crippen LogP contribution in [0.3, 0.4) is 0 Å². The Morgan fingerprint density at radius 1 is 0.650 bits per heavy atom. The number of aromatic nitrogens is 4. The summed E-state index contributed by atoms with van der Waals surface area (Å²) in [7, 11) is 0. The number of hydrogen-bond donors (Lipinski definition) is 5. The summed E-state index contributed by atoms with van der Waals surface area (Å²) in [5.41, 5.74) is -0.499. The lowest BCUT2D eigenvalue weighted by Crippen LogP contribution is -2.34. The van der Waals surface area contributed by atoms with Crippen molar-refractivity contribution in [2.75, 3.05) is 0 Å². The largest absolute Gasteiger partial charge is 0.481 e. The van der Waals surface area contributed by atoms with Gasteiger partial charge in [-0.05, 0) is 96.8 Å². The lowest BCUT2D eigenvalue weighted by atomic mass is 9.84. The maximum atomic E-state index is 12.5. The molecule has 2 aromatic heterocycles. The minimum atomic E-state index is -0.818. The first-order chi connectivity index (χ1) is 28.9. The molecule has 6 rings (SSSR count). The van der Waals surface area contributed by atoms with Crippen LogP contribution in [0.25, 0.3) is 0 Å². The highest BCUT2D eigenvalue weighted by atomic mass is 16.6. The minimum absolute atomic E-state index is 0.0419. The van der Waals surface area contributed by atoms with E-state index in [1.807, 2.05) is 20.8 Å². The van der Waals surface area contributed by atoms with Crippen LogP contribution in [0.2, 0.25) is 0 Å². The summed E-state index contributed by atoms with van der Waals surface area (Å²) in [5, 5.41) is 43.7. The summed E-state index contributed by atoms with van der Waals surface area (Å²) in [6.45, 7) is 6.74. The lowest BCUT2D eigenvalue weighted by Gasteiger charge is -2.25. The molecule has 0 aromatic carbocycles. The van der Waals surface area contributed by atoms with Crippen LogP contribution in [0.5, 0.6) is 0 Å². The molecular formula is C46H78N6O8. The molecule has 2 heterocycles. The van der Waals surface area contributed by atoms with E-state index in [1.54, 1.807) is 0 Å². The summed E-state index contributed by atoms with van der Waals surface area (Å²) in [6, 6.07) is 0.754. The molecule has 0 unspecified atom stereocenters. The van der Waals surface area contributed by atoms with Crippen LogP contribution in [0.15, 0.2) is 9.05 Å². The second-order valence-corrected chi connectivity index (χ2v) is 19.5. The van der Waals surface area contributed by atoms with Gasteiger partial charge in [-0.3, -0.25) is 9.59 Å².